The first-order valence-corrected chi connectivity index (χ1v) is 29.8. The largest absolute Gasteiger partial charge is 0.461 e. The van der Waals surface area contributed by atoms with Gasteiger partial charge in [0.25, 0.3) is 17.7 Å². The third-order valence-corrected chi connectivity index (χ3v) is 15.6. The number of fused-ring (bicyclic) bond motifs is 3. The fourth-order valence-corrected chi connectivity index (χ4v) is 11.0. The monoisotopic (exact) mass is 1100 g/mol. The van der Waals surface area contributed by atoms with Gasteiger partial charge in [-0.1, -0.05) is 190 Å². The number of esters is 1. The molecule has 6 aromatic rings. The van der Waals surface area contributed by atoms with Crippen molar-refractivity contribution in [2.24, 2.45) is 0 Å². The molecule has 3 aliphatic rings. The summed E-state index contributed by atoms with van der Waals surface area (Å²) in [4.78, 5) is 56.6. The van der Waals surface area contributed by atoms with Gasteiger partial charge in [-0.3, -0.25) is 24.4 Å². The van der Waals surface area contributed by atoms with Crippen molar-refractivity contribution in [3.63, 3.8) is 0 Å². The number of aromatic nitrogens is 3. The van der Waals surface area contributed by atoms with E-state index < -0.39 is 17.2 Å². The van der Waals surface area contributed by atoms with E-state index in [2.05, 4.69) is 64.9 Å². The van der Waals surface area contributed by atoms with E-state index in [4.69, 9.17) is 4.74 Å². The van der Waals surface area contributed by atoms with Crippen LogP contribution in [0.4, 0.5) is 0 Å². The number of hydrogen-bond acceptors (Lipinski definition) is 10. The zero-order valence-electron chi connectivity index (χ0n) is 48.1. The Morgan fingerprint density at radius 3 is 1.22 bits per heavy atom. The highest BCUT2D eigenvalue weighted by Crippen LogP contribution is 2.37. The van der Waals surface area contributed by atoms with Gasteiger partial charge in [-0.25, -0.2) is 4.79 Å². The third kappa shape index (κ3) is 15.9. The average molecular weight is 1100 g/mol. The average Bonchev–Trinajstić information content (AvgIpc) is 4.28. The van der Waals surface area contributed by atoms with E-state index in [1.807, 2.05) is 54.6 Å². The summed E-state index contributed by atoms with van der Waals surface area (Å²) in [5.41, 5.74) is 3.95. The van der Waals surface area contributed by atoms with E-state index in [1.54, 1.807) is 54.5 Å². The number of carbonyl (C=O) groups is 4. The first-order chi connectivity index (χ1) is 39.3. The topological polar surface area (TPSA) is 204 Å². The van der Waals surface area contributed by atoms with Gasteiger partial charge in [-0.2, -0.15) is 4.57 Å². The van der Waals surface area contributed by atoms with Crippen LogP contribution in [0.2, 0.25) is 0 Å². The number of nitrogens with zero attached hydrogens (tertiary/aromatic N) is 3. The molecule has 0 saturated heterocycles. The van der Waals surface area contributed by atoms with E-state index >= 15 is 0 Å². The molecule has 3 unspecified atom stereocenters. The predicted molar refractivity (Wildman–Crippen MR) is 314 cm³/mol. The SMILES string of the molecule is CCCCCCCCc1cccc(C2(O)NC(=O)c3c[n+](CC(=O)OCC)ccc32)c1.CCCCCCCCc1cccc(C2(O)NC(=O)c3cnccc32)c1.CCCCCCCCc1cccc(C2(O)NC(=O)c3cnccc32)c1. The number of benzene rings is 3. The summed E-state index contributed by atoms with van der Waals surface area (Å²) in [5, 5.41) is 41.8. The Labute approximate surface area is 479 Å². The quantitative estimate of drug-likeness (QED) is 0.0164. The van der Waals surface area contributed by atoms with Crippen LogP contribution in [0.15, 0.2) is 128 Å². The van der Waals surface area contributed by atoms with E-state index in [9.17, 15) is 34.5 Å². The Morgan fingerprint density at radius 1 is 0.481 bits per heavy atom. The van der Waals surface area contributed by atoms with Crippen molar-refractivity contribution in [1.82, 2.24) is 25.9 Å². The summed E-state index contributed by atoms with van der Waals surface area (Å²) in [7, 11) is 0. The van der Waals surface area contributed by atoms with E-state index in [-0.39, 0.29) is 30.2 Å². The van der Waals surface area contributed by atoms with Crippen molar-refractivity contribution in [3.8, 4) is 0 Å². The molecule has 6 heterocycles. The molecule has 0 bridgehead atoms. The van der Waals surface area contributed by atoms with Crippen LogP contribution in [0.1, 0.15) is 224 Å². The lowest BCUT2D eigenvalue weighted by Crippen LogP contribution is -2.40. The first kappa shape index (κ1) is 61.5. The molecule has 3 aromatic carbocycles. The molecule has 9 rings (SSSR count). The molecule has 3 aliphatic heterocycles. The van der Waals surface area contributed by atoms with Crippen molar-refractivity contribution in [2.45, 2.75) is 186 Å². The van der Waals surface area contributed by atoms with E-state index in [1.165, 1.54) is 120 Å². The number of nitrogens with one attached hydrogen (secondary N) is 3. The van der Waals surface area contributed by atoms with Crippen molar-refractivity contribution < 1.29 is 43.8 Å². The van der Waals surface area contributed by atoms with Gasteiger partial charge in [-0.15, -0.1) is 0 Å². The molecule has 0 saturated carbocycles. The van der Waals surface area contributed by atoms with Gasteiger partial charge >= 0.3 is 5.97 Å². The van der Waals surface area contributed by atoms with Gasteiger partial charge in [-0.05, 0) is 74.3 Å². The van der Waals surface area contributed by atoms with Gasteiger partial charge in [0.05, 0.1) is 17.7 Å². The molecular weight excluding hydrogens is 1020 g/mol. The highest BCUT2D eigenvalue weighted by molar-refractivity contribution is 6.01. The summed E-state index contributed by atoms with van der Waals surface area (Å²) in [6.45, 7) is 8.74. The Morgan fingerprint density at radius 2 is 0.840 bits per heavy atom. The lowest BCUT2D eigenvalue weighted by atomic mass is 9.93. The van der Waals surface area contributed by atoms with Crippen molar-refractivity contribution in [3.05, 3.63) is 195 Å². The second-order valence-electron chi connectivity index (χ2n) is 21.7. The summed E-state index contributed by atoms with van der Waals surface area (Å²) >= 11 is 0. The Hall–Kier alpha value is -7.13. The van der Waals surface area contributed by atoms with Gasteiger partial charge in [0, 0.05) is 64.2 Å². The van der Waals surface area contributed by atoms with Crippen molar-refractivity contribution in [1.29, 1.82) is 0 Å². The van der Waals surface area contributed by atoms with Crippen LogP contribution < -0.4 is 20.5 Å². The second-order valence-corrected chi connectivity index (χ2v) is 21.7. The minimum Gasteiger partial charge on any atom is -0.461 e. The highest BCUT2D eigenvalue weighted by atomic mass is 16.5. The van der Waals surface area contributed by atoms with Gasteiger partial charge in [0.1, 0.15) is 5.56 Å². The molecule has 3 amide bonds. The molecule has 3 aromatic heterocycles. The maximum absolute atomic E-state index is 12.6. The molecule has 3 atom stereocenters. The van der Waals surface area contributed by atoms with Crippen LogP contribution in [0.3, 0.4) is 0 Å². The van der Waals surface area contributed by atoms with Crippen LogP contribution in [0, 0.1) is 0 Å². The number of amides is 3. The number of pyridine rings is 3. The summed E-state index contributed by atoms with van der Waals surface area (Å²) in [5.74, 6) is -1.31. The van der Waals surface area contributed by atoms with Crippen LogP contribution in [-0.2, 0) is 52.5 Å². The standard InChI is InChI=1S/C25H32N2O4.2C21H26N2O2/c1-3-5-6-7-8-9-11-19-12-10-13-20(16-19)25(30)22-14-15-27(18-23(28)31-4-2)17-21(22)24(29)26-25;2*1-2-3-4-5-6-7-9-16-10-8-11-17(14-16)21(25)19-12-13-22-15-18(19)20(24)23-21/h10,12-17,30H,3-9,11,18H2,1-2H3;2*8,10-15,25H,2-7,9H2,1H3,(H,23,24)/p+1. The maximum Gasteiger partial charge on any atom is 0.372 e. The molecule has 0 aliphatic carbocycles. The van der Waals surface area contributed by atoms with E-state index in [0.29, 0.717) is 56.7 Å². The minimum atomic E-state index is -1.58. The first-order valence-electron chi connectivity index (χ1n) is 29.8. The number of hydrogen-bond donors (Lipinski definition) is 6. The highest BCUT2D eigenvalue weighted by Gasteiger charge is 2.46. The molecule has 0 radical (unpaired) electrons. The van der Waals surface area contributed by atoms with Crippen molar-refractivity contribution in [2.75, 3.05) is 6.61 Å². The Balaban J connectivity index is 0.000000177. The summed E-state index contributed by atoms with van der Waals surface area (Å²) < 4.78 is 6.56. The maximum atomic E-state index is 12.6. The van der Waals surface area contributed by atoms with Crippen LogP contribution in [0.5, 0.6) is 0 Å². The summed E-state index contributed by atoms with van der Waals surface area (Å²) in [6, 6.07) is 28.7. The normalized spacial score (nSPS) is 18.3. The molecule has 14 heteroatoms. The molecule has 14 nitrogen and oxygen atoms in total. The zero-order chi connectivity index (χ0) is 57.7. The lowest BCUT2D eigenvalue weighted by Gasteiger charge is -2.25. The van der Waals surface area contributed by atoms with Crippen LogP contribution in [-0.4, -0.2) is 55.6 Å². The molecular formula is C67H85N6O8+. The summed E-state index contributed by atoms with van der Waals surface area (Å²) in [6.07, 6.45) is 34.9. The lowest BCUT2D eigenvalue weighted by molar-refractivity contribution is -0.686. The Bertz CT molecular complexity index is 2930. The van der Waals surface area contributed by atoms with Gasteiger partial charge < -0.3 is 36.0 Å². The number of rotatable bonds is 27. The fourth-order valence-electron chi connectivity index (χ4n) is 11.0. The number of ether oxygens (including phenoxy) is 1. The number of aryl methyl sites for hydroxylation is 3. The second kappa shape index (κ2) is 30.1. The Kier molecular flexibility index (Phi) is 22.8. The molecule has 0 spiro atoms. The molecule has 430 valence electrons. The van der Waals surface area contributed by atoms with Gasteiger partial charge in [0.15, 0.2) is 29.6 Å². The number of carbonyl (C=O) groups excluding carboxylic acids is 4. The molecule has 0 fully saturated rings. The van der Waals surface area contributed by atoms with E-state index in [0.717, 1.165) is 44.1 Å². The minimum absolute atomic E-state index is 0.0145. The molecule has 6 N–H and O–H groups in total. The predicted octanol–water partition coefficient (Wildman–Crippen LogP) is 11.2. The van der Waals surface area contributed by atoms with Crippen LogP contribution in [0.25, 0.3) is 0 Å². The van der Waals surface area contributed by atoms with Crippen molar-refractivity contribution >= 4 is 23.7 Å². The number of unbranched alkanes of at least 4 members (excludes halogenated alkanes) is 15. The molecule has 81 heavy (non-hydrogen) atoms. The fraction of sp³-hybridized carbons (Fsp3) is 0.448. The smallest absolute Gasteiger partial charge is 0.372 e. The van der Waals surface area contributed by atoms with Crippen LogP contribution >= 0.6 is 0 Å². The number of aliphatic hydroxyl groups is 3. The third-order valence-electron chi connectivity index (χ3n) is 15.6. The van der Waals surface area contributed by atoms with Gasteiger partial charge in [0.2, 0.25) is 6.54 Å². The zero-order valence-corrected chi connectivity index (χ0v) is 48.1.